The first-order chi connectivity index (χ1) is 14.6. The molecule has 0 saturated carbocycles. The number of aryl methyl sites for hydroxylation is 2. The average Bonchev–Trinajstić information content (AvgIpc) is 3.44. The van der Waals surface area contributed by atoms with Gasteiger partial charge in [0.15, 0.2) is 21.3 Å². The summed E-state index contributed by atoms with van der Waals surface area (Å²) in [5, 5.41) is 3.78. The van der Waals surface area contributed by atoms with Crippen LogP contribution < -0.4 is 0 Å². The number of fused-ring (bicyclic) bond motifs is 2. The molecule has 0 unspecified atom stereocenters. The molecule has 0 atom stereocenters. The number of aromatic nitrogens is 4. The van der Waals surface area contributed by atoms with Crippen LogP contribution >= 0.6 is 22.7 Å². The highest BCUT2D eigenvalue weighted by Crippen LogP contribution is 2.19. The molecule has 0 amide bonds. The van der Waals surface area contributed by atoms with Gasteiger partial charge >= 0.3 is 11.9 Å². The van der Waals surface area contributed by atoms with Crippen LogP contribution in [0, 0.1) is 13.8 Å². The number of carbonyl (C=O) groups excluding carboxylic acids is 2. The molecule has 4 aromatic heterocycles. The lowest BCUT2D eigenvalue weighted by molar-refractivity contribution is 0.0464. The summed E-state index contributed by atoms with van der Waals surface area (Å²) in [5.74, 6) is -0.688. The maximum atomic E-state index is 12.3. The highest BCUT2D eigenvalue weighted by atomic mass is 32.1. The zero-order valence-electron chi connectivity index (χ0n) is 16.8. The van der Waals surface area contributed by atoms with E-state index in [-0.39, 0.29) is 11.9 Å². The molecule has 0 aliphatic rings. The lowest BCUT2D eigenvalue weighted by Gasteiger charge is -2.06. The van der Waals surface area contributed by atoms with Crippen molar-refractivity contribution in [3.63, 3.8) is 0 Å². The molecule has 4 rings (SSSR count). The number of rotatable bonds is 9. The normalized spacial score (nSPS) is 11.4. The molecule has 4 heterocycles. The van der Waals surface area contributed by atoms with E-state index in [9.17, 15) is 9.59 Å². The maximum Gasteiger partial charge on any atom is 0.357 e. The van der Waals surface area contributed by atoms with E-state index in [4.69, 9.17) is 9.47 Å². The third-order valence-electron chi connectivity index (χ3n) is 4.76. The summed E-state index contributed by atoms with van der Waals surface area (Å²) in [6.45, 7) is 4.35. The standard InChI is InChI=1S/C20H22N4O4S2/c1-13-15(23-7-11-29-19(23)21-13)17(25)27-9-5-3-4-6-10-28-18(26)16-14(2)22-20-24(16)8-12-30-20/h7-8,11-12H,3-6,9-10H2,1-2H3. The first kappa shape index (κ1) is 20.5. The molecule has 0 spiro atoms. The quantitative estimate of drug-likeness (QED) is 0.281. The first-order valence-electron chi connectivity index (χ1n) is 9.75. The van der Waals surface area contributed by atoms with Gasteiger partial charge in [0.25, 0.3) is 0 Å². The van der Waals surface area contributed by atoms with Crippen LogP contribution in [0.3, 0.4) is 0 Å². The van der Waals surface area contributed by atoms with E-state index in [0.29, 0.717) is 36.0 Å². The van der Waals surface area contributed by atoms with Gasteiger partial charge in [0.2, 0.25) is 0 Å². The first-order valence-corrected chi connectivity index (χ1v) is 11.5. The van der Waals surface area contributed by atoms with E-state index in [1.807, 2.05) is 37.0 Å². The van der Waals surface area contributed by atoms with E-state index in [1.54, 1.807) is 8.80 Å². The van der Waals surface area contributed by atoms with Gasteiger partial charge in [-0.05, 0) is 39.5 Å². The largest absolute Gasteiger partial charge is 0.461 e. The van der Waals surface area contributed by atoms with Gasteiger partial charge in [-0.1, -0.05) is 0 Å². The van der Waals surface area contributed by atoms with Crippen LogP contribution in [0.25, 0.3) is 9.92 Å². The van der Waals surface area contributed by atoms with Crippen molar-refractivity contribution in [2.24, 2.45) is 0 Å². The minimum Gasteiger partial charge on any atom is -0.461 e. The number of carbonyl (C=O) groups is 2. The SMILES string of the molecule is Cc1nc2sccn2c1C(=O)OCCCCCCOC(=O)c1c(C)nc2sccn12. The molecule has 0 bridgehead atoms. The molecule has 0 aromatic carbocycles. The molecule has 8 nitrogen and oxygen atoms in total. The van der Waals surface area contributed by atoms with E-state index in [2.05, 4.69) is 9.97 Å². The molecule has 10 heteroatoms. The van der Waals surface area contributed by atoms with Crippen LogP contribution in [0.15, 0.2) is 23.2 Å². The number of thiazole rings is 2. The molecular formula is C20H22N4O4S2. The molecule has 0 fully saturated rings. The smallest absolute Gasteiger partial charge is 0.357 e. The summed E-state index contributed by atoms with van der Waals surface area (Å²) >= 11 is 2.97. The minimum atomic E-state index is -0.344. The van der Waals surface area contributed by atoms with Crippen molar-refractivity contribution < 1.29 is 19.1 Å². The molecule has 0 saturated heterocycles. The Morgan fingerprint density at radius 1 is 0.800 bits per heavy atom. The predicted octanol–water partition coefficient (Wildman–Crippen LogP) is 4.30. The number of hydrogen-bond acceptors (Lipinski definition) is 8. The number of ether oxygens (including phenoxy) is 2. The summed E-state index contributed by atoms with van der Waals surface area (Å²) in [6.07, 6.45) is 6.97. The molecule has 0 N–H and O–H groups in total. The second-order valence-corrected chi connectivity index (χ2v) is 8.63. The topological polar surface area (TPSA) is 87.2 Å². The van der Waals surface area contributed by atoms with Crippen LogP contribution in [0.2, 0.25) is 0 Å². The predicted molar refractivity (Wildman–Crippen MR) is 115 cm³/mol. The van der Waals surface area contributed by atoms with E-state index < -0.39 is 0 Å². The van der Waals surface area contributed by atoms with Crippen LogP contribution in [-0.4, -0.2) is 43.9 Å². The monoisotopic (exact) mass is 446 g/mol. The molecule has 0 aliphatic carbocycles. The Morgan fingerprint density at radius 3 is 1.67 bits per heavy atom. The lowest BCUT2D eigenvalue weighted by Crippen LogP contribution is -2.11. The van der Waals surface area contributed by atoms with Crippen LogP contribution in [0.4, 0.5) is 0 Å². The Morgan fingerprint density at radius 2 is 1.23 bits per heavy atom. The average molecular weight is 447 g/mol. The van der Waals surface area contributed by atoms with Gasteiger partial charge < -0.3 is 9.47 Å². The zero-order valence-corrected chi connectivity index (χ0v) is 18.4. The summed E-state index contributed by atoms with van der Waals surface area (Å²) in [5.41, 5.74) is 2.35. The summed E-state index contributed by atoms with van der Waals surface area (Å²) in [7, 11) is 0. The molecule has 158 valence electrons. The Labute approximate surface area is 181 Å². The number of nitrogens with zero attached hydrogens (tertiary/aromatic N) is 4. The Kier molecular flexibility index (Phi) is 6.14. The van der Waals surface area contributed by atoms with Crippen molar-refractivity contribution in [2.75, 3.05) is 13.2 Å². The maximum absolute atomic E-state index is 12.3. The van der Waals surface area contributed by atoms with Gasteiger partial charge in [0.1, 0.15) is 0 Å². The fourth-order valence-corrected chi connectivity index (χ4v) is 4.82. The van der Waals surface area contributed by atoms with Crippen molar-refractivity contribution in [3.8, 4) is 0 Å². The lowest BCUT2D eigenvalue weighted by atomic mass is 10.2. The van der Waals surface area contributed by atoms with Gasteiger partial charge in [-0.2, -0.15) is 0 Å². The van der Waals surface area contributed by atoms with Gasteiger partial charge in [-0.15, -0.1) is 22.7 Å². The zero-order chi connectivity index (χ0) is 21.1. The highest BCUT2D eigenvalue weighted by Gasteiger charge is 2.19. The van der Waals surface area contributed by atoms with Gasteiger partial charge in [0, 0.05) is 23.2 Å². The molecule has 0 radical (unpaired) electrons. The van der Waals surface area contributed by atoms with Crippen molar-refractivity contribution in [1.29, 1.82) is 0 Å². The second kappa shape index (κ2) is 8.97. The third kappa shape index (κ3) is 4.10. The van der Waals surface area contributed by atoms with Crippen molar-refractivity contribution in [1.82, 2.24) is 18.8 Å². The van der Waals surface area contributed by atoms with E-state index in [1.165, 1.54) is 22.7 Å². The third-order valence-corrected chi connectivity index (χ3v) is 6.28. The van der Waals surface area contributed by atoms with Crippen molar-refractivity contribution in [3.05, 3.63) is 45.9 Å². The molecule has 30 heavy (non-hydrogen) atoms. The van der Waals surface area contributed by atoms with Gasteiger partial charge in [-0.3, -0.25) is 8.80 Å². The van der Waals surface area contributed by atoms with E-state index >= 15 is 0 Å². The Bertz CT molecular complexity index is 1090. The molecular weight excluding hydrogens is 424 g/mol. The van der Waals surface area contributed by atoms with Crippen molar-refractivity contribution in [2.45, 2.75) is 39.5 Å². The van der Waals surface area contributed by atoms with E-state index in [0.717, 1.165) is 35.6 Å². The fourth-order valence-electron chi connectivity index (χ4n) is 3.30. The van der Waals surface area contributed by atoms with Crippen molar-refractivity contribution >= 4 is 44.5 Å². The second-order valence-electron chi connectivity index (χ2n) is 6.89. The molecule has 4 aromatic rings. The molecule has 0 aliphatic heterocycles. The fraction of sp³-hybridized carbons (Fsp3) is 0.400. The number of esters is 2. The van der Waals surface area contributed by atoms with Gasteiger partial charge in [-0.25, -0.2) is 19.6 Å². The Hall–Kier alpha value is -2.72. The van der Waals surface area contributed by atoms with Crippen LogP contribution in [-0.2, 0) is 9.47 Å². The summed E-state index contributed by atoms with van der Waals surface area (Å²) < 4.78 is 14.3. The van der Waals surface area contributed by atoms with Crippen LogP contribution in [0.5, 0.6) is 0 Å². The summed E-state index contributed by atoms with van der Waals surface area (Å²) in [4.78, 5) is 34.9. The van der Waals surface area contributed by atoms with Crippen LogP contribution in [0.1, 0.15) is 58.0 Å². The number of hydrogen-bond donors (Lipinski definition) is 0. The number of unbranched alkanes of at least 4 members (excludes halogenated alkanes) is 3. The summed E-state index contributed by atoms with van der Waals surface area (Å²) in [6, 6.07) is 0. The minimum absolute atomic E-state index is 0.344. The highest BCUT2D eigenvalue weighted by molar-refractivity contribution is 7.15. The number of imidazole rings is 2. The van der Waals surface area contributed by atoms with Gasteiger partial charge in [0.05, 0.1) is 24.6 Å². The Balaban J connectivity index is 1.13.